The summed E-state index contributed by atoms with van der Waals surface area (Å²) in [4.78, 5) is 31.5. The normalized spacial score (nSPS) is 10.5. The van der Waals surface area contributed by atoms with Crippen LogP contribution in [0.5, 0.6) is 0 Å². The summed E-state index contributed by atoms with van der Waals surface area (Å²) >= 11 is 0. The van der Waals surface area contributed by atoms with Crippen LogP contribution in [0.25, 0.3) is 0 Å². The number of carboxylic acid groups (broad SMARTS) is 1. The Bertz CT molecular complexity index is 629. The molecule has 0 atom stereocenters. The molecule has 0 aromatic rings. The quantitative estimate of drug-likeness (QED) is 0.120. The average molecular weight is 499 g/mol. The van der Waals surface area contributed by atoms with E-state index in [2.05, 4.69) is 31.7 Å². The van der Waals surface area contributed by atoms with E-state index in [1.807, 2.05) is 0 Å². The molecule has 0 saturated heterocycles. The summed E-state index contributed by atoms with van der Waals surface area (Å²) in [5.41, 5.74) is 12.5. The minimum absolute atomic E-state index is 0.0461. The Hall–Kier alpha value is -2.45. The van der Waals surface area contributed by atoms with Gasteiger partial charge in [0.25, 0.3) is 0 Å². The number of carbonyl (C=O) groups excluding carboxylic acids is 2. The van der Waals surface area contributed by atoms with Crippen molar-refractivity contribution in [3.05, 3.63) is 36.0 Å². The Morgan fingerprint density at radius 3 is 1.94 bits per heavy atom. The van der Waals surface area contributed by atoms with Crippen molar-refractivity contribution in [1.82, 2.24) is 0 Å². The predicted octanol–water partition coefficient (Wildman–Crippen LogP) is 4.80. The Kier molecular flexibility index (Phi) is 29.5. The summed E-state index contributed by atoms with van der Waals surface area (Å²) in [5, 5.41) is 17.0. The Morgan fingerprint density at radius 2 is 1.49 bits per heavy atom. The number of amides is 1. The Morgan fingerprint density at radius 1 is 0.914 bits per heavy atom. The van der Waals surface area contributed by atoms with E-state index in [9.17, 15) is 14.4 Å². The number of aliphatic hydroxyl groups excluding tert-OH is 1. The van der Waals surface area contributed by atoms with E-state index in [1.165, 1.54) is 32.1 Å². The zero-order valence-corrected chi connectivity index (χ0v) is 22.3. The number of nitrogens with two attached hydrogens (primary N) is 2. The third-order valence-electron chi connectivity index (χ3n) is 5.02. The molecule has 0 saturated carbocycles. The van der Waals surface area contributed by atoms with E-state index in [1.54, 1.807) is 6.92 Å². The highest BCUT2D eigenvalue weighted by Gasteiger charge is 2.07. The molecule has 0 fully saturated rings. The number of hydrogen-bond acceptors (Lipinski definition) is 6. The highest BCUT2D eigenvalue weighted by Crippen LogP contribution is 2.16. The summed E-state index contributed by atoms with van der Waals surface area (Å²) in [6.45, 7) is 13.6. The van der Waals surface area contributed by atoms with Gasteiger partial charge in [0.05, 0.1) is 6.61 Å². The van der Waals surface area contributed by atoms with E-state index in [4.69, 9.17) is 21.7 Å². The molecule has 1 amide bonds. The monoisotopic (exact) mass is 498 g/mol. The molecule has 0 aromatic heterocycles. The molecule has 0 bridgehead atoms. The fourth-order valence-electron chi connectivity index (χ4n) is 2.75. The van der Waals surface area contributed by atoms with Gasteiger partial charge < -0.3 is 26.4 Å². The first-order chi connectivity index (χ1) is 16.6. The third-order valence-corrected chi connectivity index (χ3v) is 5.02. The van der Waals surface area contributed by atoms with Crippen LogP contribution in [0.1, 0.15) is 97.8 Å². The van der Waals surface area contributed by atoms with Crippen molar-refractivity contribution in [3.8, 4) is 0 Å². The van der Waals surface area contributed by atoms with E-state index < -0.39 is 11.9 Å². The van der Waals surface area contributed by atoms with Crippen LogP contribution in [0.15, 0.2) is 36.0 Å². The molecule has 8 heteroatoms. The van der Waals surface area contributed by atoms with Crippen LogP contribution in [-0.4, -0.2) is 47.8 Å². The van der Waals surface area contributed by atoms with Gasteiger partial charge in [-0.1, -0.05) is 71.1 Å². The van der Waals surface area contributed by atoms with Gasteiger partial charge in [0.1, 0.15) is 0 Å². The molecule has 6 N–H and O–H groups in total. The van der Waals surface area contributed by atoms with E-state index >= 15 is 0 Å². The molecule has 0 aliphatic carbocycles. The number of carboxylic acids is 1. The van der Waals surface area contributed by atoms with Crippen molar-refractivity contribution in [3.63, 3.8) is 0 Å². The smallest absolute Gasteiger partial charge is 0.331 e. The summed E-state index contributed by atoms with van der Waals surface area (Å²) in [6.07, 6.45) is 13.4. The second kappa shape index (κ2) is 27.8. The van der Waals surface area contributed by atoms with Gasteiger partial charge >= 0.3 is 11.9 Å². The molecule has 0 aromatic carbocycles. The van der Waals surface area contributed by atoms with E-state index in [0.717, 1.165) is 43.8 Å². The molecular formula is C27H50N2O6. The van der Waals surface area contributed by atoms with Gasteiger partial charge in [-0.2, -0.15) is 0 Å². The number of unbranched alkanes of at least 4 members (excludes halogenated alkanes) is 6. The second-order valence-electron chi connectivity index (χ2n) is 8.11. The standard InChI is InChI=1S/C11H21NO.C10H19NO2.C6H10O3/c1-3-4-5-6-7-8-9-10(2)11(12)13;1-3-4-5-9(6-7-11)8(2)10(12)13;1-2-6(8)9-5-3-4-7/h2-9H2,1H3,(H2,12,13);3-7,11H2,1-2H3,(H,12,13);2,7H,1,3-5H2. The van der Waals surface area contributed by atoms with Crippen LogP contribution in [0.2, 0.25) is 0 Å². The molecule has 204 valence electrons. The molecule has 0 rings (SSSR count). The third kappa shape index (κ3) is 27.7. The lowest BCUT2D eigenvalue weighted by Gasteiger charge is -2.07. The highest BCUT2D eigenvalue weighted by atomic mass is 16.5. The molecule has 0 aliphatic rings. The van der Waals surface area contributed by atoms with E-state index in [0.29, 0.717) is 30.5 Å². The molecule has 0 spiro atoms. The first-order valence-electron chi connectivity index (χ1n) is 12.6. The molecule has 0 aliphatic heterocycles. The zero-order chi connectivity index (χ0) is 27.5. The van der Waals surface area contributed by atoms with Gasteiger partial charge in [-0.15, -0.1) is 0 Å². The zero-order valence-electron chi connectivity index (χ0n) is 22.3. The molecule has 0 heterocycles. The number of hydrogen-bond donors (Lipinski definition) is 4. The lowest BCUT2D eigenvalue weighted by molar-refractivity contribution is -0.138. The van der Waals surface area contributed by atoms with Crippen LogP contribution in [-0.2, 0) is 19.1 Å². The number of carbonyl (C=O) groups is 3. The molecule has 0 radical (unpaired) electrons. The Labute approximate surface area is 212 Å². The first-order valence-corrected chi connectivity index (χ1v) is 12.6. The fraction of sp³-hybridized carbons (Fsp3) is 0.667. The fourth-order valence-corrected chi connectivity index (χ4v) is 2.75. The highest BCUT2D eigenvalue weighted by molar-refractivity contribution is 5.91. The van der Waals surface area contributed by atoms with Crippen molar-refractivity contribution < 1.29 is 29.3 Å². The van der Waals surface area contributed by atoms with Gasteiger partial charge in [-0.25, -0.2) is 9.59 Å². The largest absolute Gasteiger partial charge is 0.478 e. The Balaban J connectivity index is -0.000000448. The maximum absolute atomic E-state index is 10.7. The van der Waals surface area contributed by atoms with Crippen molar-refractivity contribution in [2.75, 3.05) is 19.8 Å². The van der Waals surface area contributed by atoms with Crippen molar-refractivity contribution in [1.29, 1.82) is 0 Å². The number of rotatable bonds is 18. The second-order valence-corrected chi connectivity index (χ2v) is 8.11. The molecule has 8 nitrogen and oxygen atoms in total. The van der Waals surface area contributed by atoms with Crippen molar-refractivity contribution >= 4 is 17.8 Å². The van der Waals surface area contributed by atoms with Gasteiger partial charge in [0.2, 0.25) is 5.91 Å². The number of ether oxygens (including phenoxy) is 1. The summed E-state index contributed by atoms with van der Waals surface area (Å²) in [6, 6.07) is 0. The number of aliphatic carboxylic acids is 1. The minimum Gasteiger partial charge on any atom is -0.478 e. The first kappa shape index (κ1) is 37.1. The maximum atomic E-state index is 10.7. The van der Waals surface area contributed by atoms with Gasteiger partial charge in [0, 0.05) is 30.2 Å². The number of esters is 1. The van der Waals surface area contributed by atoms with Crippen LogP contribution in [0.3, 0.4) is 0 Å². The molecular weight excluding hydrogens is 448 g/mol. The SMILES string of the molecule is C=C(CCCCCCCC)C(N)=O.C=CC(=O)OCCCO.CCCCC(CCN)=C(C)C(=O)O. The topological polar surface area (TPSA) is 153 Å². The summed E-state index contributed by atoms with van der Waals surface area (Å²) in [7, 11) is 0. The molecule has 35 heavy (non-hydrogen) atoms. The van der Waals surface area contributed by atoms with Crippen LogP contribution >= 0.6 is 0 Å². The van der Waals surface area contributed by atoms with Crippen LogP contribution < -0.4 is 11.5 Å². The van der Waals surface area contributed by atoms with Crippen molar-refractivity contribution in [2.45, 2.75) is 97.8 Å². The lowest BCUT2D eigenvalue weighted by Crippen LogP contribution is -2.12. The summed E-state index contributed by atoms with van der Waals surface area (Å²) in [5.74, 6) is -1.61. The number of primary amides is 1. The average Bonchev–Trinajstić information content (AvgIpc) is 2.84. The number of aliphatic hydroxyl groups is 1. The minimum atomic E-state index is -0.820. The summed E-state index contributed by atoms with van der Waals surface area (Å²) < 4.78 is 4.51. The van der Waals surface area contributed by atoms with Crippen molar-refractivity contribution in [2.24, 2.45) is 11.5 Å². The van der Waals surface area contributed by atoms with Crippen LogP contribution in [0.4, 0.5) is 0 Å². The van der Waals surface area contributed by atoms with Crippen LogP contribution in [0, 0.1) is 0 Å². The maximum Gasteiger partial charge on any atom is 0.331 e. The van der Waals surface area contributed by atoms with E-state index in [-0.39, 0.29) is 19.1 Å². The van der Waals surface area contributed by atoms with Gasteiger partial charge in [-0.05, 0) is 45.6 Å². The van der Waals surface area contributed by atoms with Gasteiger partial charge in [-0.3, -0.25) is 4.79 Å². The molecule has 0 unspecified atom stereocenters. The van der Waals surface area contributed by atoms with Gasteiger partial charge in [0.15, 0.2) is 0 Å². The predicted molar refractivity (Wildman–Crippen MR) is 143 cm³/mol. The lowest BCUT2D eigenvalue weighted by atomic mass is 10.0.